The van der Waals surface area contributed by atoms with E-state index in [1.54, 1.807) is 17.0 Å². The second-order valence-electron chi connectivity index (χ2n) is 8.83. The zero-order valence-corrected chi connectivity index (χ0v) is 18.6. The van der Waals surface area contributed by atoms with Gasteiger partial charge in [0.05, 0.1) is 6.04 Å². The van der Waals surface area contributed by atoms with Crippen molar-refractivity contribution in [3.8, 4) is 0 Å². The average Bonchev–Trinajstić information content (AvgIpc) is 2.70. The van der Waals surface area contributed by atoms with Gasteiger partial charge >= 0.3 is 6.03 Å². The standard InChI is InChI=1S/C21H32ClN5O2/c1-15-13-16(5-6-17(15)22)24-20(29)26-11-9-25(10-12-26)19(28)18-14-27(8-7-23-18)21(2,3)4/h5-6,13,18,23H,7-12,14H2,1-4H3,(H,24,29). The number of hydrogen-bond donors (Lipinski definition) is 2. The molecular formula is C21H32ClN5O2. The molecule has 1 aromatic rings. The molecule has 2 aliphatic rings. The monoisotopic (exact) mass is 421 g/mol. The molecule has 2 N–H and O–H groups in total. The van der Waals surface area contributed by atoms with Gasteiger partial charge in [0.1, 0.15) is 0 Å². The van der Waals surface area contributed by atoms with Gasteiger partial charge in [0.25, 0.3) is 0 Å². The number of carbonyl (C=O) groups is 2. The third kappa shape index (κ3) is 5.41. The van der Waals surface area contributed by atoms with Crippen LogP contribution in [0.2, 0.25) is 5.02 Å². The lowest BCUT2D eigenvalue weighted by molar-refractivity contribution is -0.136. The fourth-order valence-corrected chi connectivity index (χ4v) is 3.92. The van der Waals surface area contributed by atoms with Gasteiger partial charge in [-0.15, -0.1) is 0 Å². The van der Waals surface area contributed by atoms with Crippen LogP contribution in [0.1, 0.15) is 26.3 Å². The van der Waals surface area contributed by atoms with E-state index >= 15 is 0 Å². The largest absolute Gasteiger partial charge is 0.338 e. The normalized spacial score (nSPS) is 21.2. The molecule has 8 heteroatoms. The summed E-state index contributed by atoms with van der Waals surface area (Å²) in [4.78, 5) is 31.5. The molecule has 0 saturated carbocycles. The van der Waals surface area contributed by atoms with E-state index in [1.807, 2.05) is 17.9 Å². The number of piperazine rings is 2. The number of carbonyl (C=O) groups excluding carboxylic acids is 2. The first-order valence-electron chi connectivity index (χ1n) is 10.2. The highest BCUT2D eigenvalue weighted by Gasteiger charge is 2.34. The lowest BCUT2D eigenvalue weighted by Gasteiger charge is -2.43. The van der Waals surface area contributed by atoms with Crippen molar-refractivity contribution < 1.29 is 9.59 Å². The second kappa shape index (κ2) is 8.90. The number of aryl methyl sites for hydroxylation is 1. The van der Waals surface area contributed by atoms with Crippen LogP contribution >= 0.6 is 11.6 Å². The second-order valence-corrected chi connectivity index (χ2v) is 9.24. The van der Waals surface area contributed by atoms with Gasteiger partial charge in [-0.25, -0.2) is 4.79 Å². The molecule has 0 aliphatic carbocycles. The number of benzene rings is 1. The van der Waals surface area contributed by atoms with Crippen LogP contribution in [0.4, 0.5) is 10.5 Å². The van der Waals surface area contributed by atoms with E-state index in [2.05, 4.69) is 36.3 Å². The molecule has 0 bridgehead atoms. The van der Waals surface area contributed by atoms with Crippen LogP contribution in [0.5, 0.6) is 0 Å². The number of halogens is 1. The van der Waals surface area contributed by atoms with E-state index in [0.29, 0.717) is 31.2 Å². The summed E-state index contributed by atoms with van der Waals surface area (Å²) in [7, 11) is 0. The predicted octanol–water partition coefficient (Wildman–Crippen LogP) is 2.40. The zero-order chi connectivity index (χ0) is 21.2. The number of rotatable bonds is 2. The number of amides is 3. The van der Waals surface area contributed by atoms with Crippen molar-refractivity contribution in [3.63, 3.8) is 0 Å². The summed E-state index contributed by atoms with van der Waals surface area (Å²) in [6, 6.07) is 5.11. The maximum Gasteiger partial charge on any atom is 0.321 e. The summed E-state index contributed by atoms with van der Waals surface area (Å²) >= 11 is 6.04. The zero-order valence-electron chi connectivity index (χ0n) is 17.8. The molecule has 2 aliphatic heterocycles. The molecule has 3 amide bonds. The molecule has 160 valence electrons. The Balaban J connectivity index is 1.51. The maximum atomic E-state index is 13.0. The Morgan fingerprint density at radius 3 is 2.38 bits per heavy atom. The topological polar surface area (TPSA) is 67.9 Å². The van der Waals surface area contributed by atoms with Crippen LogP contribution in [0.3, 0.4) is 0 Å². The number of urea groups is 1. The van der Waals surface area contributed by atoms with Crippen molar-refractivity contribution in [2.75, 3.05) is 51.1 Å². The van der Waals surface area contributed by atoms with Gasteiger partial charge in [-0.2, -0.15) is 0 Å². The SMILES string of the molecule is Cc1cc(NC(=O)N2CCN(C(=O)C3CN(C(C)(C)C)CCN3)CC2)ccc1Cl. The molecule has 1 aromatic carbocycles. The first-order valence-corrected chi connectivity index (χ1v) is 10.6. The van der Waals surface area contributed by atoms with E-state index in [0.717, 1.165) is 30.9 Å². The van der Waals surface area contributed by atoms with Crippen molar-refractivity contribution in [1.82, 2.24) is 20.0 Å². The van der Waals surface area contributed by atoms with Crippen LogP contribution < -0.4 is 10.6 Å². The van der Waals surface area contributed by atoms with Gasteiger partial charge in [0.15, 0.2) is 0 Å². The molecule has 3 rings (SSSR count). The van der Waals surface area contributed by atoms with Crippen LogP contribution in [-0.4, -0.2) is 84.0 Å². The van der Waals surface area contributed by atoms with E-state index in [1.165, 1.54) is 0 Å². The molecule has 0 aromatic heterocycles. The van der Waals surface area contributed by atoms with Gasteiger partial charge < -0.3 is 20.4 Å². The lowest BCUT2D eigenvalue weighted by Crippen LogP contribution is -2.63. The van der Waals surface area contributed by atoms with Gasteiger partial charge in [0.2, 0.25) is 5.91 Å². The minimum Gasteiger partial charge on any atom is -0.338 e. The van der Waals surface area contributed by atoms with E-state index in [-0.39, 0.29) is 23.5 Å². The van der Waals surface area contributed by atoms with E-state index < -0.39 is 0 Å². The quantitative estimate of drug-likeness (QED) is 0.769. The van der Waals surface area contributed by atoms with E-state index in [9.17, 15) is 9.59 Å². The van der Waals surface area contributed by atoms with Crippen molar-refractivity contribution in [2.24, 2.45) is 0 Å². The van der Waals surface area contributed by atoms with Crippen molar-refractivity contribution in [2.45, 2.75) is 39.3 Å². The smallest absolute Gasteiger partial charge is 0.321 e. The lowest BCUT2D eigenvalue weighted by atomic mass is 10.0. The van der Waals surface area contributed by atoms with Gasteiger partial charge in [-0.3, -0.25) is 9.69 Å². The maximum absolute atomic E-state index is 13.0. The third-order valence-corrected chi connectivity index (χ3v) is 6.13. The van der Waals surface area contributed by atoms with Gasteiger partial charge in [-0.05, 0) is 51.5 Å². The summed E-state index contributed by atoms with van der Waals surface area (Å²) in [6.07, 6.45) is 0. The highest BCUT2D eigenvalue weighted by Crippen LogP contribution is 2.20. The number of hydrogen-bond acceptors (Lipinski definition) is 4. The molecule has 2 heterocycles. The first-order chi connectivity index (χ1) is 13.6. The Morgan fingerprint density at radius 1 is 1.10 bits per heavy atom. The van der Waals surface area contributed by atoms with Crippen LogP contribution in [-0.2, 0) is 4.79 Å². The molecule has 1 atom stereocenters. The molecule has 0 radical (unpaired) electrons. The van der Waals surface area contributed by atoms with Gasteiger partial charge in [-0.1, -0.05) is 11.6 Å². The van der Waals surface area contributed by atoms with Gasteiger partial charge in [0, 0.05) is 62.1 Å². The number of anilines is 1. The minimum atomic E-state index is -0.180. The fraction of sp³-hybridized carbons (Fsp3) is 0.619. The Kier molecular flexibility index (Phi) is 6.71. The summed E-state index contributed by atoms with van der Waals surface area (Å²) < 4.78 is 0. The fourth-order valence-electron chi connectivity index (χ4n) is 3.80. The summed E-state index contributed by atoms with van der Waals surface area (Å²) in [5.41, 5.74) is 1.70. The molecule has 2 saturated heterocycles. The summed E-state index contributed by atoms with van der Waals surface area (Å²) in [5, 5.41) is 6.95. The van der Waals surface area contributed by atoms with Crippen LogP contribution in [0.25, 0.3) is 0 Å². The van der Waals surface area contributed by atoms with E-state index in [4.69, 9.17) is 11.6 Å². The molecule has 29 heavy (non-hydrogen) atoms. The molecular weight excluding hydrogens is 390 g/mol. The Labute approximate surface area is 178 Å². The third-order valence-electron chi connectivity index (χ3n) is 5.71. The molecule has 7 nitrogen and oxygen atoms in total. The summed E-state index contributed by atoms with van der Waals surface area (Å²) in [5.74, 6) is 0.132. The molecule has 0 spiro atoms. The molecule has 1 unspecified atom stereocenters. The van der Waals surface area contributed by atoms with Crippen LogP contribution in [0, 0.1) is 6.92 Å². The Morgan fingerprint density at radius 2 is 1.76 bits per heavy atom. The Bertz CT molecular complexity index is 756. The minimum absolute atomic E-state index is 0.0530. The predicted molar refractivity (Wildman–Crippen MR) is 116 cm³/mol. The van der Waals surface area contributed by atoms with Crippen molar-refractivity contribution in [3.05, 3.63) is 28.8 Å². The molecule has 2 fully saturated rings. The Hall–Kier alpha value is -1.83. The summed E-state index contributed by atoms with van der Waals surface area (Å²) in [6.45, 7) is 13.1. The van der Waals surface area contributed by atoms with Crippen molar-refractivity contribution >= 4 is 29.2 Å². The average molecular weight is 422 g/mol. The number of nitrogens with zero attached hydrogens (tertiary/aromatic N) is 3. The first kappa shape index (κ1) is 21.9. The van der Waals surface area contributed by atoms with Crippen molar-refractivity contribution in [1.29, 1.82) is 0 Å². The highest BCUT2D eigenvalue weighted by molar-refractivity contribution is 6.31. The van der Waals surface area contributed by atoms with Crippen LogP contribution in [0.15, 0.2) is 18.2 Å². The number of nitrogens with one attached hydrogen (secondary N) is 2. The highest BCUT2D eigenvalue weighted by atomic mass is 35.5.